The Bertz CT molecular complexity index is 442. The molecule has 0 aliphatic heterocycles. The number of hydrogen-bond acceptors (Lipinski definition) is 2. The van der Waals surface area contributed by atoms with Crippen LogP contribution >= 0.6 is 0 Å². The summed E-state index contributed by atoms with van der Waals surface area (Å²) in [5.41, 5.74) is 1.54. The summed E-state index contributed by atoms with van der Waals surface area (Å²) in [6, 6.07) is 6.51. The molecule has 0 radical (unpaired) electrons. The van der Waals surface area contributed by atoms with Crippen LogP contribution in [0, 0.1) is 0 Å². The molecule has 1 aromatic rings. The fraction of sp³-hybridized carbons (Fsp3) is 0.429. The van der Waals surface area contributed by atoms with Gasteiger partial charge in [0.15, 0.2) is 0 Å². The van der Waals surface area contributed by atoms with Gasteiger partial charge in [0.05, 0.1) is 0 Å². The summed E-state index contributed by atoms with van der Waals surface area (Å²) < 4.78 is 0. The highest BCUT2D eigenvalue weighted by Gasteiger charge is 2.25. The monoisotopic (exact) mass is 249 g/mol. The molecule has 0 saturated heterocycles. The molecule has 1 N–H and O–H groups in total. The van der Waals surface area contributed by atoms with Crippen LogP contribution in [0.25, 0.3) is 0 Å². The number of carbonyl (C=O) groups is 2. The average molecular weight is 249 g/mol. The number of likely N-dealkylation sites (N-methyl/N-ethyl adjacent to an activating group) is 1. The van der Waals surface area contributed by atoms with Gasteiger partial charge in [-0.3, -0.25) is 4.79 Å². The lowest BCUT2D eigenvalue weighted by Crippen LogP contribution is -2.43. The van der Waals surface area contributed by atoms with Crippen molar-refractivity contribution < 1.29 is 14.7 Å². The van der Waals surface area contributed by atoms with Crippen molar-refractivity contribution in [3.8, 4) is 0 Å². The second kappa shape index (κ2) is 6.19. The highest BCUT2D eigenvalue weighted by Crippen LogP contribution is 2.14. The molecule has 0 heterocycles. The molecule has 1 amide bonds. The molecule has 0 aromatic heterocycles. The Balaban J connectivity index is 3.07. The molecule has 1 atom stereocenters. The van der Waals surface area contributed by atoms with E-state index < -0.39 is 12.0 Å². The van der Waals surface area contributed by atoms with Gasteiger partial charge >= 0.3 is 5.97 Å². The zero-order valence-electron chi connectivity index (χ0n) is 11.0. The Hall–Kier alpha value is -1.84. The van der Waals surface area contributed by atoms with Crippen LogP contribution in [0.1, 0.15) is 36.7 Å². The summed E-state index contributed by atoms with van der Waals surface area (Å²) in [6.45, 7) is 5.66. The van der Waals surface area contributed by atoms with Crippen molar-refractivity contribution in [3.63, 3.8) is 0 Å². The Morgan fingerprint density at radius 2 is 1.89 bits per heavy atom. The van der Waals surface area contributed by atoms with E-state index in [0.29, 0.717) is 12.1 Å². The van der Waals surface area contributed by atoms with Crippen LogP contribution in [0.2, 0.25) is 0 Å². The number of aliphatic carboxylic acids is 1. The first-order valence-electron chi connectivity index (χ1n) is 6.14. The predicted octanol–water partition coefficient (Wildman–Crippen LogP) is 2.18. The zero-order chi connectivity index (χ0) is 13.7. The van der Waals surface area contributed by atoms with Crippen molar-refractivity contribution >= 4 is 11.9 Å². The van der Waals surface area contributed by atoms with Gasteiger partial charge in [-0.1, -0.05) is 25.1 Å². The maximum absolute atomic E-state index is 12.4. The maximum atomic E-state index is 12.4. The van der Waals surface area contributed by atoms with Crippen LogP contribution < -0.4 is 0 Å². The van der Waals surface area contributed by atoms with Crippen LogP contribution in [0.4, 0.5) is 0 Å². The molecule has 0 bridgehead atoms. The number of amides is 1. The van der Waals surface area contributed by atoms with Crippen molar-refractivity contribution in [2.75, 3.05) is 6.54 Å². The molecule has 0 aliphatic carbocycles. The molecular weight excluding hydrogens is 230 g/mol. The van der Waals surface area contributed by atoms with Gasteiger partial charge in [0.1, 0.15) is 6.04 Å². The molecule has 18 heavy (non-hydrogen) atoms. The smallest absolute Gasteiger partial charge is 0.326 e. The summed E-state index contributed by atoms with van der Waals surface area (Å²) >= 11 is 0. The van der Waals surface area contributed by atoms with Gasteiger partial charge in [-0.15, -0.1) is 0 Å². The molecular formula is C14H19NO3. The van der Waals surface area contributed by atoms with E-state index in [-0.39, 0.29) is 5.91 Å². The van der Waals surface area contributed by atoms with Gasteiger partial charge in [0.2, 0.25) is 0 Å². The molecule has 4 heteroatoms. The van der Waals surface area contributed by atoms with Crippen LogP contribution in [-0.4, -0.2) is 34.5 Å². The highest BCUT2D eigenvalue weighted by molar-refractivity contribution is 5.97. The maximum Gasteiger partial charge on any atom is 0.326 e. The van der Waals surface area contributed by atoms with E-state index in [1.165, 1.54) is 11.8 Å². The number of carboxylic acid groups (broad SMARTS) is 1. The zero-order valence-corrected chi connectivity index (χ0v) is 11.0. The van der Waals surface area contributed by atoms with Gasteiger partial charge in [-0.25, -0.2) is 4.79 Å². The number of hydrogen-bond donors (Lipinski definition) is 1. The van der Waals surface area contributed by atoms with E-state index >= 15 is 0 Å². The molecule has 0 spiro atoms. The Labute approximate surface area is 107 Å². The summed E-state index contributed by atoms with van der Waals surface area (Å²) in [5.74, 6) is -1.20. The molecule has 0 saturated carbocycles. The standard InChI is InChI=1S/C14H19NO3/c1-4-11-8-6-7-9-12(11)13(16)15(5-2)10(3)14(17)18/h6-10H,4-5H2,1-3H3,(H,17,18). The predicted molar refractivity (Wildman–Crippen MR) is 69.6 cm³/mol. The highest BCUT2D eigenvalue weighted by atomic mass is 16.4. The number of aryl methyl sites for hydroxylation is 1. The second-order valence-electron chi connectivity index (χ2n) is 4.12. The molecule has 1 unspecified atom stereocenters. The topological polar surface area (TPSA) is 57.6 Å². The van der Waals surface area contributed by atoms with Crippen molar-refractivity contribution in [3.05, 3.63) is 35.4 Å². The van der Waals surface area contributed by atoms with E-state index in [9.17, 15) is 9.59 Å². The molecule has 0 fully saturated rings. The van der Waals surface area contributed by atoms with Crippen molar-refractivity contribution in [2.24, 2.45) is 0 Å². The van der Waals surface area contributed by atoms with E-state index in [0.717, 1.165) is 12.0 Å². The minimum absolute atomic E-state index is 0.218. The molecule has 1 rings (SSSR count). The summed E-state index contributed by atoms with van der Waals surface area (Å²) in [6.07, 6.45) is 0.751. The fourth-order valence-electron chi connectivity index (χ4n) is 1.92. The molecule has 0 aliphatic rings. The Kier molecular flexibility index (Phi) is 4.89. The first-order chi connectivity index (χ1) is 8.52. The van der Waals surface area contributed by atoms with Crippen LogP contribution in [0.5, 0.6) is 0 Å². The van der Waals surface area contributed by atoms with Crippen LogP contribution in [0.3, 0.4) is 0 Å². The van der Waals surface area contributed by atoms with Crippen molar-refractivity contribution in [1.82, 2.24) is 4.90 Å². The third-order valence-electron chi connectivity index (χ3n) is 3.06. The van der Waals surface area contributed by atoms with E-state index in [1.54, 1.807) is 19.1 Å². The minimum Gasteiger partial charge on any atom is -0.480 e. The van der Waals surface area contributed by atoms with E-state index in [4.69, 9.17) is 5.11 Å². The Morgan fingerprint density at radius 1 is 1.28 bits per heavy atom. The fourth-order valence-corrected chi connectivity index (χ4v) is 1.92. The number of carbonyl (C=O) groups excluding carboxylic acids is 1. The van der Waals surface area contributed by atoms with Crippen molar-refractivity contribution in [1.29, 1.82) is 0 Å². The molecule has 4 nitrogen and oxygen atoms in total. The quantitative estimate of drug-likeness (QED) is 0.870. The van der Waals surface area contributed by atoms with Gasteiger partial charge in [0.25, 0.3) is 5.91 Å². The first kappa shape index (κ1) is 14.2. The normalized spacial score (nSPS) is 11.9. The lowest BCUT2D eigenvalue weighted by atomic mass is 10.0. The number of nitrogens with zero attached hydrogens (tertiary/aromatic N) is 1. The lowest BCUT2D eigenvalue weighted by Gasteiger charge is -2.25. The summed E-state index contributed by atoms with van der Waals surface area (Å²) in [4.78, 5) is 24.7. The number of carboxylic acids is 1. The lowest BCUT2D eigenvalue weighted by molar-refractivity contribution is -0.141. The minimum atomic E-state index is -0.987. The van der Waals surface area contributed by atoms with Gasteiger partial charge in [0, 0.05) is 12.1 Å². The van der Waals surface area contributed by atoms with E-state index in [2.05, 4.69) is 0 Å². The van der Waals surface area contributed by atoms with E-state index in [1.807, 2.05) is 19.1 Å². The van der Waals surface area contributed by atoms with Crippen LogP contribution in [-0.2, 0) is 11.2 Å². The molecule has 1 aromatic carbocycles. The third kappa shape index (κ3) is 2.88. The summed E-state index contributed by atoms with van der Waals surface area (Å²) in [5, 5.41) is 9.01. The van der Waals surface area contributed by atoms with Crippen molar-refractivity contribution in [2.45, 2.75) is 33.2 Å². The van der Waals surface area contributed by atoms with Gasteiger partial charge in [-0.05, 0) is 31.9 Å². The van der Waals surface area contributed by atoms with Gasteiger partial charge in [-0.2, -0.15) is 0 Å². The number of benzene rings is 1. The second-order valence-corrected chi connectivity index (χ2v) is 4.12. The third-order valence-corrected chi connectivity index (χ3v) is 3.06. The SMILES string of the molecule is CCc1ccccc1C(=O)N(CC)C(C)C(=O)O. The Morgan fingerprint density at radius 3 is 2.39 bits per heavy atom. The van der Waals surface area contributed by atoms with Gasteiger partial charge < -0.3 is 10.0 Å². The summed E-state index contributed by atoms with van der Waals surface area (Å²) in [7, 11) is 0. The average Bonchev–Trinajstić information content (AvgIpc) is 2.39. The molecule has 98 valence electrons. The number of rotatable bonds is 5. The largest absolute Gasteiger partial charge is 0.480 e. The van der Waals surface area contributed by atoms with Crippen LogP contribution in [0.15, 0.2) is 24.3 Å². The first-order valence-corrected chi connectivity index (χ1v) is 6.14.